The number of para-hydroxylation sites is 2. The number of hydrogen-bond acceptors (Lipinski definition) is 4. The average molecular weight is 729 g/mol. The Bertz CT molecular complexity index is 3150. The van der Waals surface area contributed by atoms with Crippen LogP contribution in [-0.2, 0) is 5.41 Å². The Hall–Kier alpha value is -7.63. The van der Waals surface area contributed by atoms with Crippen molar-refractivity contribution in [3.05, 3.63) is 216 Å². The predicted octanol–water partition coefficient (Wildman–Crippen LogP) is 12.4. The molecule has 12 rings (SSSR count). The van der Waals surface area contributed by atoms with Gasteiger partial charge in [-0.05, 0) is 52.1 Å². The number of ether oxygens (including phenoxy) is 1. The van der Waals surface area contributed by atoms with E-state index in [-0.39, 0.29) is 0 Å². The van der Waals surface area contributed by atoms with Crippen molar-refractivity contribution in [1.29, 1.82) is 0 Å². The number of nitrogens with zero attached hydrogens (tertiary/aromatic N) is 4. The summed E-state index contributed by atoms with van der Waals surface area (Å²) in [4.78, 5) is 15.8. The lowest BCUT2D eigenvalue weighted by molar-refractivity contribution is 0.437. The van der Waals surface area contributed by atoms with Crippen molar-refractivity contribution in [2.45, 2.75) is 5.41 Å². The molecule has 1 atom stereocenters. The predicted molar refractivity (Wildman–Crippen MR) is 228 cm³/mol. The van der Waals surface area contributed by atoms with Crippen molar-refractivity contribution in [2.75, 3.05) is 0 Å². The molecule has 0 amide bonds. The molecule has 2 aromatic heterocycles. The normalized spacial score (nSPS) is 14.9. The summed E-state index contributed by atoms with van der Waals surface area (Å²) in [5, 5.41) is 2.26. The molecule has 10 aromatic rings. The van der Waals surface area contributed by atoms with Crippen LogP contribution in [0.4, 0.5) is 0 Å². The van der Waals surface area contributed by atoms with Crippen molar-refractivity contribution >= 4 is 21.8 Å². The number of fused-ring (bicyclic) bond motifs is 13. The van der Waals surface area contributed by atoms with E-state index in [2.05, 4.69) is 162 Å². The van der Waals surface area contributed by atoms with Crippen LogP contribution in [0.5, 0.6) is 11.5 Å². The van der Waals surface area contributed by atoms with Gasteiger partial charge in [-0.2, -0.15) is 9.97 Å². The molecule has 2 aliphatic rings. The van der Waals surface area contributed by atoms with Crippen molar-refractivity contribution < 1.29 is 4.74 Å². The van der Waals surface area contributed by atoms with Crippen LogP contribution in [0.25, 0.3) is 72.8 Å². The molecule has 0 fully saturated rings. The standard InChI is InChI=1S/C52H32N4O/c1-4-16-33(17-5-1)36-28-31-46-43(32-36)52(42-25-13-15-27-45(42)57-46)41-24-12-10-22-37(41)39-29-30-40-38-23-11-14-26-44(38)56(48(40)47(39)52)51-54-49(34-18-6-2-7-19-34)53-50(55-51)35-20-8-3-9-21-35/h1-32H. The van der Waals surface area contributed by atoms with Gasteiger partial charge in [0.15, 0.2) is 11.6 Å². The summed E-state index contributed by atoms with van der Waals surface area (Å²) in [6, 6.07) is 68.3. The first-order valence-electron chi connectivity index (χ1n) is 19.3. The van der Waals surface area contributed by atoms with Gasteiger partial charge in [0.25, 0.3) is 0 Å². The zero-order valence-electron chi connectivity index (χ0n) is 30.7. The molecule has 1 aliphatic heterocycles. The minimum Gasteiger partial charge on any atom is -0.457 e. The lowest BCUT2D eigenvalue weighted by Crippen LogP contribution is -2.32. The molecule has 1 aliphatic carbocycles. The minimum absolute atomic E-state index is 0.562. The highest BCUT2D eigenvalue weighted by Crippen LogP contribution is 2.64. The van der Waals surface area contributed by atoms with E-state index < -0.39 is 5.41 Å². The third kappa shape index (κ3) is 4.54. The molecular weight excluding hydrogens is 697 g/mol. The molecule has 1 unspecified atom stereocenters. The maximum Gasteiger partial charge on any atom is 0.238 e. The maximum atomic E-state index is 6.86. The Morgan fingerprint density at radius 2 is 1.00 bits per heavy atom. The fraction of sp³-hybridized carbons (Fsp3) is 0.0192. The van der Waals surface area contributed by atoms with Crippen molar-refractivity contribution in [1.82, 2.24) is 19.5 Å². The highest BCUT2D eigenvalue weighted by molar-refractivity contribution is 6.14. The molecule has 0 saturated heterocycles. The zero-order chi connectivity index (χ0) is 37.5. The molecule has 5 heteroatoms. The quantitative estimate of drug-likeness (QED) is 0.181. The smallest absolute Gasteiger partial charge is 0.238 e. The second kappa shape index (κ2) is 12.2. The SMILES string of the molecule is c1ccc(-c2ccc3c(c2)C2(c4ccccc4O3)c3ccccc3-c3ccc4c5ccccc5n(-c5nc(-c6ccccc6)nc(-c6ccccc6)n5)c4c32)cc1. The van der Waals surface area contributed by atoms with E-state index in [1.165, 1.54) is 22.3 Å². The summed E-state index contributed by atoms with van der Waals surface area (Å²) in [5.41, 5.74) is 12.4. The summed E-state index contributed by atoms with van der Waals surface area (Å²) in [6.07, 6.45) is 0. The van der Waals surface area contributed by atoms with E-state index in [1.807, 2.05) is 36.4 Å². The Balaban J connectivity index is 1.26. The van der Waals surface area contributed by atoms with Crippen LogP contribution in [0.1, 0.15) is 22.3 Å². The van der Waals surface area contributed by atoms with Crippen molar-refractivity contribution in [2.24, 2.45) is 0 Å². The molecule has 5 nitrogen and oxygen atoms in total. The highest BCUT2D eigenvalue weighted by Gasteiger charge is 2.53. The Morgan fingerprint density at radius 1 is 0.404 bits per heavy atom. The van der Waals surface area contributed by atoms with Gasteiger partial charge in [0, 0.05) is 38.6 Å². The van der Waals surface area contributed by atoms with E-state index in [9.17, 15) is 0 Å². The van der Waals surface area contributed by atoms with Crippen LogP contribution in [0.3, 0.4) is 0 Å². The van der Waals surface area contributed by atoms with Crippen LogP contribution in [0.15, 0.2) is 194 Å². The monoisotopic (exact) mass is 728 g/mol. The topological polar surface area (TPSA) is 52.8 Å². The summed E-state index contributed by atoms with van der Waals surface area (Å²) in [5.74, 6) is 3.48. The summed E-state index contributed by atoms with van der Waals surface area (Å²) in [7, 11) is 0. The van der Waals surface area contributed by atoms with E-state index in [0.717, 1.165) is 66.7 Å². The number of hydrogen-bond donors (Lipinski definition) is 0. The van der Waals surface area contributed by atoms with Crippen molar-refractivity contribution in [3.63, 3.8) is 0 Å². The van der Waals surface area contributed by atoms with Gasteiger partial charge < -0.3 is 4.74 Å². The van der Waals surface area contributed by atoms with Gasteiger partial charge in [-0.3, -0.25) is 4.57 Å². The summed E-state index contributed by atoms with van der Waals surface area (Å²) < 4.78 is 9.15. The van der Waals surface area contributed by atoms with Gasteiger partial charge in [0.2, 0.25) is 5.95 Å². The summed E-state index contributed by atoms with van der Waals surface area (Å²) >= 11 is 0. The Kier molecular flexibility index (Phi) is 6.78. The molecule has 3 heterocycles. The third-order valence-electron chi connectivity index (χ3n) is 11.7. The maximum absolute atomic E-state index is 6.86. The van der Waals surface area contributed by atoms with Gasteiger partial charge in [0.05, 0.1) is 16.4 Å². The first-order valence-corrected chi connectivity index (χ1v) is 19.3. The lowest BCUT2D eigenvalue weighted by atomic mass is 9.65. The number of benzene rings is 8. The van der Waals surface area contributed by atoms with Gasteiger partial charge in [-0.25, -0.2) is 4.98 Å². The van der Waals surface area contributed by atoms with E-state index in [1.54, 1.807) is 0 Å². The van der Waals surface area contributed by atoms with Crippen LogP contribution in [0, 0.1) is 0 Å². The third-order valence-corrected chi connectivity index (χ3v) is 11.7. The largest absolute Gasteiger partial charge is 0.457 e. The van der Waals surface area contributed by atoms with Crippen LogP contribution >= 0.6 is 0 Å². The van der Waals surface area contributed by atoms with Gasteiger partial charge in [0.1, 0.15) is 11.5 Å². The molecular formula is C52H32N4O. The minimum atomic E-state index is -0.746. The molecule has 0 saturated carbocycles. The van der Waals surface area contributed by atoms with E-state index in [4.69, 9.17) is 19.7 Å². The first-order chi connectivity index (χ1) is 28.3. The highest BCUT2D eigenvalue weighted by atomic mass is 16.5. The number of aromatic nitrogens is 4. The van der Waals surface area contributed by atoms with E-state index in [0.29, 0.717) is 17.6 Å². The molecule has 8 aromatic carbocycles. The zero-order valence-corrected chi connectivity index (χ0v) is 30.7. The summed E-state index contributed by atoms with van der Waals surface area (Å²) in [6.45, 7) is 0. The fourth-order valence-electron chi connectivity index (χ4n) is 9.36. The molecule has 57 heavy (non-hydrogen) atoms. The van der Waals surface area contributed by atoms with Gasteiger partial charge >= 0.3 is 0 Å². The molecule has 266 valence electrons. The molecule has 1 spiro atoms. The Morgan fingerprint density at radius 3 is 1.74 bits per heavy atom. The average Bonchev–Trinajstić information content (AvgIpc) is 3.78. The van der Waals surface area contributed by atoms with E-state index >= 15 is 0 Å². The lowest BCUT2D eigenvalue weighted by Gasteiger charge is -2.40. The van der Waals surface area contributed by atoms with Gasteiger partial charge in [-0.15, -0.1) is 0 Å². The molecule has 0 N–H and O–H groups in total. The van der Waals surface area contributed by atoms with Crippen molar-refractivity contribution in [3.8, 4) is 62.5 Å². The van der Waals surface area contributed by atoms with Crippen LogP contribution in [0.2, 0.25) is 0 Å². The van der Waals surface area contributed by atoms with Crippen LogP contribution < -0.4 is 4.74 Å². The Labute approximate surface area is 329 Å². The molecule has 0 radical (unpaired) electrons. The second-order valence-electron chi connectivity index (χ2n) is 14.7. The fourth-order valence-corrected chi connectivity index (χ4v) is 9.36. The second-order valence-corrected chi connectivity index (χ2v) is 14.7. The first kappa shape index (κ1) is 31.7. The van der Waals surface area contributed by atoms with Crippen LogP contribution in [-0.4, -0.2) is 19.5 Å². The number of rotatable bonds is 4. The molecule has 0 bridgehead atoms. The van der Waals surface area contributed by atoms with Gasteiger partial charge in [-0.1, -0.05) is 170 Å².